The Labute approximate surface area is 85.9 Å². The van der Waals surface area contributed by atoms with Crippen molar-refractivity contribution in [2.24, 2.45) is 0 Å². The molecule has 5 heteroatoms. The highest BCUT2D eigenvalue weighted by Gasteiger charge is 2.13. The largest absolute Gasteiger partial charge is 0.149 e. The van der Waals surface area contributed by atoms with Crippen LogP contribution >= 0.6 is 34.9 Å². The monoisotopic (exact) mass is 222 g/mol. The summed E-state index contributed by atoms with van der Waals surface area (Å²) in [7, 11) is 0. The lowest BCUT2D eigenvalue weighted by Gasteiger charge is -2.16. The molecule has 0 amide bonds. The fourth-order valence-electron chi connectivity index (χ4n) is 0.568. The summed E-state index contributed by atoms with van der Waals surface area (Å²) in [6, 6.07) is 0. The average molecular weight is 223 g/mol. The number of aromatic nitrogens is 2. The minimum absolute atomic E-state index is 0.257. The van der Waals surface area contributed by atoms with Gasteiger partial charge in [0.2, 0.25) is 0 Å². The van der Waals surface area contributed by atoms with Gasteiger partial charge in [-0.25, -0.2) is 0 Å². The number of halogens is 1. The molecule has 1 rings (SSSR count). The van der Waals surface area contributed by atoms with E-state index in [1.807, 2.05) is 11.8 Å². The molecule has 68 valence electrons. The predicted molar refractivity (Wildman–Crippen MR) is 56.0 cm³/mol. The van der Waals surface area contributed by atoms with E-state index in [4.69, 9.17) is 11.6 Å². The molecule has 0 saturated heterocycles. The topological polar surface area (TPSA) is 25.8 Å². The summed E-state index contributed by atoms with van der Waals surface area (Å²) in [6.45, 7) is 6.52. The molecule has 2 nitrogen and oxygen atoms in total. The molecule has 0 fully saturated rings. The zero-order chi connectivity index (χ0) is 9.19. The normalized spacial score (nSPS) is 12.0. The van der Waals surface area contributed by atoms with E-state index in [1.54, 1.807) is 0 Å². The van der Waals surface area contributed by atoms with Gasteiger partial charge in [-0.15, -0.1) is 16.9 Å². The van der Waals surface area contributed by atoms with Gasteiger partial charge in [-0.2, -0.15) is 0 Å². The summed E-state index contributed by atoms with van der Waals surface area (Å²) < 4.78 is 4.74. The van der Waals surface area contributed by atoms with Gasteiger partial charge in [-0.05, 0) is 0 Å². The molecular formula is C7H11ClN2S2. The Morgan fingerprint density at radius 1 is 1.50 bits per heavy atom. The van der Waals surface area contributed by atoms with Gasteiger partial charge in [0.1, 0.15) is 10.0 Å². The summed E-state index contributed by atoms with van der Waals surface area (Å²) in [6.07, 6.45) is 0. The zero-order valence-corrected chi connectivity index (χ0v) is 9.68. The smallest absolute Gasteiger partial charge is 0.138 e. The number of thioether (sulfide) groups is 1. The summed E-state index contributed by atoms with van der Waals surface area (Å²) in [5.74, 6) is 0.846. The molecule has 0 aliphatic heterocycles. The first-order valence-electron chi connectivity index (χ1n) is 3.60. The second kappa shape index (κ2) is 3.94. The van der Waals surface area contributed by atoms with Crippen LogP contribution in [-0.2, 0) is 5.75 Å². The summed E-state index contributed by atoms with van der Waals surface area (Å²) in [4.78, 5) is 0. The zero-order valence-electron chi connectivity index (χ0n) is 7.30. The molecule has 0 aromatic carbocycles. The fourth-order valence-corrected chi connectivity index (χ4v) is 2.14. The van der Waals surface area contributed by atoms with Crippen molar-refractivity contribution in [1.82, 2.24) is 9.59 Å². The maximum absolute atomic E-state index is 5.85. The molecule has 0 spiro atoms. The first kappa shape index (κ1) is 10.3. The van der Waals surface area contributed by atoms with Crippen LogP contribution in [0.4, 0.5) is 0 Å². The van der Waals surface area contributed by atoms with Crippen LogP contribution in [0.25, 0.3) is 0 Å². The Kier molecular flexibility index (Phi) is 3.37. The SMILES string of the molecule is CC(C)(C)SCc1nnsc1Cl. The standard InChI is InChI=1S/C7H11ClN2S2/c1-7(2,3)11-4-5-6(8)12-10-9-5/h4H2,1-3H3. The van der Waals surface area contributed by atoms with Crippen LogP contribution in [0, 0.1) is 0 Å². The van der Waals surface area contributed by atoms with Crippen LogP contribution in [0.15, 0.2) is 0 Å². The van der Waals surface area contributed by atoms with E-state index in [1.165, 1.54) is 11.5 Å². The quantitative estimate of drug-likeness (QED) is 0.769. The Hall–Kier alpha value is 0.200. The number of hydrogen-bond donors (Lipinski definition) is 0. The molecule has 1 aromatic heterocycles. The minimum Gasteiger partial charge on any atom is -0.149 e. The van der Waals surface area contributed by atoms with E-state index in [0.29, 0.717) is 4.34 Å². The summed E-state index contributed by atoms with van der Waals surface area (Å²) >= 11 is 8.92. The lowest BCUT2D eigenvalue weighted by Crippen LogP contribution is -2.07. The molecule has 0 aliphatic rings. The molecule has 0 N–H and O–H groups in total. The van der Waals surface area contributed by atoms with Crippen molar-refractivity contribution in [2.75, 3.05) is 0 Å². The van der Waals surface area contributed by atoms with E-state index < -0.39 is 0 Å². The van der Waals surface area contributed by atoms with E-state index in [-0.39, 0.29) is 4.75 Å². The minimum atomic E-state index is 0.257. The second-order valence-corrected chi connectivity index (χ2v) is 6.55. The lowest BCUT2D eigenvalue weighted by atomic mass is 10.3. The fraction of sp³-hybridized carbons (Fsp3) is 0.714. The Bertz CT molecular complexity index is 254. The molecule has 0 atom stereocenters. The van der Waals surface area contributed by atoms with Crippen LogP contribution in [-0.4, -0.2) is 14.3 Å². The van der Waals surface area contributed by atoms with E-state index in [9.17, 15) is 0 Å². The van der Waals surface area contributed by atoms with Gasteiger partial charge in [0.25, 0.3) is 0 Å². The van der Waals surface area contributed by atoms with Crippen molar-refractivity contribution in [2.45, 2.75) is 31.3 Å². The van der Waals surface area contributed by atoms with Gasteiger partial charge < -0.3 is 0 Å². The first-order chi connectivity index (χ1) is 5.49. The Morgan fingerprint density at radius 3 is 2.58 bits per heavy atom. The molecule has 0 saturated carbocycles. The highest BCUT2D eigenvalue weighted by atomic mass is 35.5. The van der Waals surface area contributed by atoms with Crippen molar-refractivity contribution < 1.29 is 0 Å². The van der Waals surface area contributed by atoms with Gasteiger partial charge in [0.05, 0.1) is 0 Å². The molecular weight excluding hydrogens is 212 g/mol. The first-order valence-corrected chi connectivity index (χ1v) is 5.73. The van der Waals surface area contributed by atoms with Crippen molar-refractivity contribution in [3.8, 4) is 0 Å². The number of nitrogens with zero attached hydrogens (tertiary/aromatic N) is 2. The maximum atomic E-state index is 5.85. The lowest BCUT2D eigenvalue weighted by molar-refractivity contribution is 0.801. The number of rotatable bonds is 2. The van der Waals surface area contributed by atoms with Crippen molar-refractivity contribution in [3.05, 3.63) is 10.0 Å². The van der Waals surface area contributed by atoms with Gasteiger partial charge >= 0.3 is 0 Å². The molecule has 1 aromatic rings. The van der Waals surface area contributed by atoms with E-state index in [0.717, 1.165) is 11.4 Å². The van der Waals surface area contributed by atoms with Crippen molar-refractivity contribution >= 4 is 34.9 Å². The van der Waals surface area contributed by atoms with Gasteiger partial charge in [0, 0.05) is 22.0 Å². The summed E-state index contributed by atoms with van der Waals surface area (Å²) in [5, 5.41) is 3.93. The van der Waals surface area contributed by atoms with Crippen LogP contribution in [0.5, 0.6) is 0 Å². The van der Waals surface area contributed by atoms with Crippen LogP contribution in [0.2, 0.25) is 4.34 Å². The predicted octanol–water partition coefficient (Wildman–Crippen LogP) is 3.22. The highest BCUT2D eigenvalue weighted by Crippen LogP contribution is 2.29. The number of hydrogen-bond acceptors (Lipinski definition) is 4. The molecule has 1 heterocycles. The van der Waals surface area contributed by atoms with E-state index in [2.05, 4.69) is 30.4 Å². The maximum Gasteiger partial charge on any atom is 0.138 e. The average Bonchev–Trinajstić information content (AvgIpc) is 2.29. The third kappa shape index (κ3) is 3.29. The van der Waals surface area contributed by atoms with E-state index >= 15 is 0 Å². The van der Waals surface area contributed by atoms with Crippen LogP contribution in [0.1, 0.15) is 26.5 Å². The van der Waals surface area contributed by atoms with Crippen LogP contribution in [0.3, 0.4) is 0 Å². The molecule has 0 aliphatic carbocycles. The highest BCUT2D eigenvalue weighted by molar-refractivity contribution is 7.99. The molecule has 12 heavy (non-hydrogen) atoms. The summed E-state index contributed by atoms with van der Waals surface area (Å²) in [5.41, 5.74) is 0.904. The third-order valence-electron chi connectivity index (χ3n) is 1.15. The molecule has 0 radical (unpaired) electrons. The second-order valence-electron chi connectivity index (χ2n) is 3.39. The molecule has 0 bridgehead atoms. The van der Waals surface area contributed by atoms with Gasteiger partial charge in [0.15, 0.2) is 0 Å². The van der Waals surface area contributed by atoms with Gasteiger partial charge in [-0.1, -0.05) is 36.9 Å². The van der Waals surface area contributed by atoms with Gasteiger partial charge in [-0.3, -0.25) is 0 Å². The van der Waals surface area contributed by atoms with Crippen molar-refractivity contribution in [3.63, 3.8) is 0 Å². The van der Waals surface area contributed by atoms with Crippen molar-refractivity contribution in [1.29, 1.82) is 0 Å². The third-order valence-corrected chi connectivity index (χ3v) is 3.42. The Balaban J connectivity index is 2.49. The Morgan fingerprint density at radius 2 is 2.17 bits per heavy atom. The van der Waals surface area contributed by atoms with Crippen LogP contribution < -0.4 is 0 Å². The molecule has 0 unspecified atom stereocenters.